The summed E-state index contributed by atoms with van der Waals surface area (Å²) in [4.78, 5) is 11.0. The van der Waals surface area contributed by atoms with Gasteiger partial charge in [-0.25, -0.2) is 3.11 Å². The average Bonchev–Trinajstić information content (AvgIpc) is 2.32. The van der Waals surface area contributed by atoms with E-state index in [2.05, 4.69) is 31.1 Å². The Labute approximate surface area is 77.0 Å². The van der Waals surface area contributed by atoms with Crippen molar-refractivity contribution in [3.05, 3.63) is 21.7 Å². The number of nitrogens with one attached hydrogen (secondary N) is 1. The first-order chi connectivity index (χ1) is 5.27. The number of aromatic amines is 1. The van der Waals surface area contributed by atoms with E-state index in [9.17, 15) is 4.79 Å². The number of rotatable bonds is 0. The van der Waals surface area contributed by atoms with Gasteiger partial charge in [0, 0.05) is 29.4 Å². The summed E-state index contributed by atoms with van der Waals surface area (Å²) in [6.07, 6.45) is 0.796. The number of halogens is 1. The molecule has 0 unspecified atom stereocenters. The minimum atomic E-state index is -0.0653. The maximum atomic E-state index is 11.0. The summed E-state index contributed by atoms with van der Waals surface area (Å²) in [5.74, 6) is 0.788. The second-order valence-corrected chi connectivity index (χ2v) is 3.89. The zero-order valence-electron chi connectivity index (χ0n) is 5.76. The summed E-state index contributed by atoms with van der Waals surface area (Å²) >= 11 is 2.22. The van der Waals surface area contributed by atoms with Crippen LogP contribution >= 0.6 is 22.9 Å². The second kappa shape index (κ2) is 2.63. The standard InChI is InChI=1S/C6H7IN2O2/c7-9-2-1-4-5(3-9)11-8-6(4)10/h1-3H2,(H,8,10). The first-order valence-corrected chi connectivity index (χ1v) is 4.34. The lowest BCUT2D eigenvalue weighted by Crippen LogP contribution is -2.23. The second-order valence-electron chi connectivity index (χ2n) is 2.53. The maximum absolute atomic E-state index is 11.0. The molecule has 1 N–H and O–H groups in total. The molecule has 0 spiro atoms. The van der Waals surface area contributed by atoms with E-state index in [4.69, 9.17) is 4.52 Å². The van der Waals surface area contributed by atoms with Crippen molar-refractivity contribution in [2.24, 2.45) is 0 Å². The molecule has 0 atom stereocenters. The topological polar surface area (TPSA) is 49.2 Å². The van der Waals surface area contributed by atoms with Crippen molar-refractivity contribution >= 4 is 22.9 Å². The molecule has 2 rings (SSSR count). The Balaban J connectivity index is 2.44. The molecule has 0 saturated heterocycles. The summed E-state index contributed by atoms with van der Waals surface area (Å²) in [6, 6.07) is 0. The van der Waals surface area contributed by atoms with E-state index in [1.807, 2.05) is 0 Å². The van der Waals surface area contributed by atoms with Crippen molar-refractivity contribution in [3.63, 3.8) is 0 Å². The molecule has 11 heavy (non-hydrogen) atoms. The highest BCUT2D eigenvalue weighted by atomic mass is 127. The Morgan fingerprint density at radius 2 is 2.45 bits per heavy atom. The Bertz CT molecular complexity index is 317. The molecule has 5 heteroatoms. The van der Waals surface area contributed by atoms with Gasteiger partial charge < -0.3 is 4.52 Å². The zero-order valence-corrected chi connectivity index (χ0v) is 7.92. The Morgan fingerprint density at radius 1 is 1.64 bits per heavy atom. The minimum Gasteiger partial charge on any atom is -0.382 e. The van der Waals surface area contributed by atoms with Crippen LogP contribution in [0.25, 0.3) is 0 Å². The molecule has 4 nitrogen and oxygen atoms in total. The molecule has 2 heterocycles. The first-order valence-electron chi connectivity index (χ1n) is 3.37. The number of hydrogen-bond acceptors (Lipinski definition) is 3. The van der Waals surface area contributed by atoms with Gasteiger partial charge >= 0.3 is 0 Å². The fourth-order valence-electron chi connectivity index (χ4n) is 1.21. The highest BCUT2D eigenvalue weighted by Gasteiger charge is 2.20. The summed E-state index contributed by atoms with van der Waals surface area (Å²) < 4.78 is 7.07. The quantitative estimate of drug-likeness (QED) is 0.554. The van der Waals surface area contributed by atoms with Gasteiger partial charge in [0.25, 0.3) is 5.56 Å². The van der Waals surface area contributed by atoms with Crippen LogP contribution in [-0.2, 0) is 13.0 Å². The van der Waals surface area contributed by atoms with Crippen LogP contribution in [0.4, 0.5) is 0 Å². The van der Waals surface area contributed by atoms with E-state index < -0.39 is 0 Å². The molecule has 1 aromatic heterocycles. The molecular weight excluding hydrogens is 259 g/mol. The van der Waals surface area contributed by atoms with Crippen molar-refractivity contribution in [2.45, 2.75) is 13.0 Å². The molecule has 0 amide bonds. The van der Waals surface area contributed by atoms with Crippen LogP contribution in [0.15, 0.2) is 9.32 Å². The van der Waals surface area contributed by atoms with Crippen LogP contribution in [-0.4, -0.2) is 14.8 Å². The molecule has 1 aromatic rings. The van der Waals surface area contributed by atoms with Gasteiger partial charge in [0.2, 0.25) is 0 Å². The fraction of sp³-hybridized carbons (Fsp3) is 0.500. The van der Waals surface area contributed by atoms with E-state index >= 15 is 0 Å². The molecule has 1 aliphatic rings. The van der Waals surface area contributed by atoms with E-state index in [0.717, 1.165) is 30.8 Å². The summed E-state index contributed by atoms with van der Waals surface area (Å²) in [5.41, 5.74) is 0.752. The number of hydrogen-bond donors (Lipinski definition) is 1. The number of aromatic nitrogens is 1. The monoisotopic (exact) mass is 266 g/mol. The van der Waals surface area contributed by atoms with Gasteiger partial charge in [-0.3, -0.25) is 4.79 Å². The van der Waals surface area contributed by atoms with Crippen molar-refractivity contribution in [3.8, 4) is 0 Å². The van der Waals surface area contributed by atoms with Gasteiger partial charge in [0.05, 0.1) is 12.1 Å². The first kappa shape index (κ1) is 7.35. The van der Waals surface area contributed by atoms with Crippen LogP contribution in [0.3, 0.4) is 0 Å². The van der Waals surface area contributed by atoms with Crippen LogP contribution in [0, 0.1) is 0 Å². The van der Waals surface area contributed by atoms with Crippen molar-refractivity contribution in [1.29, 1.82) is 0 Å². The number of H-pyrrole nitrogens is 1. The lowest BCUT2D eigenvalue weighted by atomic mass is 10.1. The van der Waals surface area contributed by atoms with Crippen LogP contribution < -0.4 is 5.56 Å². The summed E-state index contributed by atoms with van der Waals surface area (Å²) in [6.45, 7) is 1.66. The zero-order chi connectivity index (χ0) is 7.84. The SMILES string of the molecule is O=c1[nH]oc2c1CCN(I)C2. The molecular formula is C6H7IN2O2. The van der Waals surface area contributed by atoms with E-state index in [0.29, 0.717) is 0 Å². The lowest BCUT2D eigenvalue weighted by molar-refractivity contribution is 0.333. The van der Waals surface area contributed by atoms with Crippen LogP contribution in [0.2, 0.25) is 0 Å². The third kappa shape index (κ3) is 1.22. The molecule has 60 valence electrons. The Hall–Kier alpha value is -0.300. The predicted octanol–water partition coefficient (Wildman–Crippen LogP) is 0.676. The molecule has 0 saturated carbocycles. The number of nitrogens with zero attached hydrogens (tertiary/aromatic N) is 1. The van der Waals surface area contributed by atoms with Crippen molar-refractivity contribution < 1.29 is 4.52 Å². The molecule has 1 aliphatic heterocycles. The van der Waals surface area contributed by atoms with E-state index in [-0.39, 0.29) is 5.56 Å². The van der Waals surface area contributed by atoms with Gasteiger partial charge in [-0.2, -0.15) is 5.16 Å². The third-order valence-corrected chi connectivity index (χ3v) is 2.62. The molecule has 0 aromatic carbocycles. The van der Waals surface area contributed by atoms with Gasteiger partial charge in [0.15, 0.2) is 5.76 Å². The van der Waals surface area contributed by atoms with Gasteiger partial charge in [-0.1, -0.05) is 0 Å². The highest BCUT2D eigenvalue weighted by Crippen LogP contribution is 2.17. The highest BCUT2D eigenvalue weighted by molar-refractivity contribution is 14.1. The van der Waals surface area contributed by atoms with Crippen molar-refractivity contribution in [2.75, 3.05) is 6.54 Å². The van der Waals surface area contributed by atoms with E-state index in [1.165, 1.54) is 0 Å². The van der Waals surface area contributed by atoms with Gasteiger partial charge in [0.1, 0.15) is 0 Å². The summed E-state index contributed by atoms with van der Waals surface area (Å²) in [5, 5.41) is 2.34. The molecule has 0 aliphatic carbocycles. The average molecular weight is 266 g/mol. The smallest absolute Gasteiger partial charge is 0.283 e. The van der Waals surface area contributed by atoms with Gasteiger partial charge in [-0.15, -0.1) is 0 Å². The van der Waals surface area contributed by atoms with Crippen LogP contribution in [0.5, 0.6) is 0 Å². The maximum Gasteiger partial charge on any atom is 0.283 e. The Morgan fingerprint density at radius 3 is 3.27 bits per heavy atom. The molecule has 0 bridgehead atoms. The minimum absolute atomic E-state index is 0.0653. The third-order valence-electron chi connectivity index (χ3n) is 1.80. The van der Waals surface area contributed by atoms with E-state index in [1.54, 1.807) is 0 Å². The summed E-state index contributed by atoms with van der Waals surface area (Å²) in [7, 11) is 0. The van der Waals surface area contributed by atoms with Crippen molar-refractivity contribution in [1.82, 2.24) is 8.27 Å². The fourth-order valence-corrected chi connectivity index (χ4v) is 1.76. The predicted molar refractivity (Wildman–Crippen MR) is 47.5 cm³/mol. The van der Waals surface area contributed by atoms with Crippen LogP contribution in [0.1, 0.15) is 11.3 Å². The largest absolute Gasteiger partial charge is 0.382 e. The Kier molecular flexibility index (Phi) is 1.76. The molecule has 0 fully saturated rings. The molecule has 0 radical (unpaired) electrons. The van der Waals surface area contributed by atoms with Gasteiger partial charge in [-0.05, 0) is 6.42 Å². The normalized spacial score (nSPS) is 18.3. The lowest BCUT2D eigenvalue weighted by Gasteiger charge is -2.16. The number of fused-ring (bicyclic) bond motifs is 1.